The second kappa shape index (κ2) is 5.14. The molecule has 2 nitrogen and oxygen atoms in total. The van der Waals surface area contributed by atoms with Gasteiger partial charge in [0.2, 0.25) is 0 Å². The molecule has 2 aromatic carbocycles. The Labute approximate surface area is 107 Å². The van der Waals surface area contributed by atoms with Gasteiger partial charge in [0.05, 0.1) is 5.56 Å². The molecule has 0 radical (unpaired) electrons. The molecule has 0 atom stereocenters. The normalized spacial score (nSPS) is 10.3. The maximum absolute atomic E-state index is 13.4. The summed E-state index contributed by atoms with van der Waals surface area (Å²) < 4.78 is 39.0. The zero-order valence-electron chi connectivity index (χ0n) is 10.0. The first-order valence-corrected chi connectivity index (χ1v) is 5.50. The van der Waals surface area contributed by atoms with Gasteiger partial charge in [-0.05, 0) is 42.8 Å². The number of anilines is 1. The Hall–Kier alpha value is -2.30. The van der Waals surface area contributed by atoms with Crippen molar-refractivity contribution in [3.63, 3.8) is 0 Å². The molecule has 0 saturated carbocycles. The molecule has 0 aliphatic heterocycles. The Morgan fingerprint density at radius 2 is 1.63 bits per heavy atom. The van der Waals surface area contributed by atoms with Crippen LogP contribution in [0.1, 0.15) is 15.9 Å². The van der Waals surface area contributed by atoms with Crippen LogP contribution in [0, 0.1) is 24.4 Å². The van der Waals surface area contributed by atoms with Gasteiger partial charge in [-0.3, -0.25) is 4.79 Å². The Kier molecular flexibility index (Phi) is 3.55. The molecule has 0 unspecified atom stereocenters. The number of carbonyl (C=O) groups excluding carboxylic acids is 1. The number of aryl methyl sites for hydroxylation is 1. The second-order valence-electron chi connectivity index (χ2n) is 4.04. The van der Waals surface area contributed by atoms with E-state index in [0.29, 0.717) is 17.3 Å². The Morgan fingerprint density at radius 3 is 2.26 bits per heavy atom. The van der Waals surface area contributed by atoms with Crippen molar-refractivity contribution >= 4 is 11.6 Å². The molecule has 0 spiro atoms. The van der Waals surface area contributed by atoms with Crippen LogP contribution < -0.4 is 5.32 Å². The van der Waals surface area contributed by atoms with Crippen LogP contribution in [0.5, 0.6) is 0 Å². The van der Waals surface area contributed by atoms with Crippen LogP contribution in [-0.4, -0.2) is 5.91 Å². The molecule has 0 fully saturated rings. The predicted molar refractivity (Wildman–Crippen MR) is 65.4 cm³/mol. The lowest BCUT2D eigenvalue weighted by Crippen LogP contribution is -2.14. The average Bonchev–Trinajstić information content (AvgIpc) is 2.32. The van der Waals surface area contributed by atoms with Crippen LogP contribution >= 0.6 is 0 Å². The largest absolute Gasteiger partial charge is 0.322 e. The van der Waals surface area contributed by atoms with Crippen LogP contribution in [-0.2, 0) is 0 Å². The summed E-state index contributed by atoms with van der Waals surface area (Å²) >= 11 is 0. The molecule has 0 bridgehead atoms. The molecule has 2 rings (SSSR count). The molecule has 0 saturated heterocycles. The Balaban J connectivity index is 2.25. The minimum Gasteiger partial charge on any atom is -0.322 e. The Morgan fingerprint density at radius 1 is 1.00 bits per heavy atom. The number of rotatable bonds is 2. The van der Waals surface area contributed by atoms with Crippen LogP contribution in [0.4, 0.5) is 18.9 Å². The zero-order chi connectivity index (χ0) is 14.0. The Bertz CT molecular complexity index is 641. The van der Waals surface area contributed by atoms with Gasteiger partial charge in [0.25, 0.3) is 5.91 Å². The van der Waals surface area contributed by atoms with Crippen LogP contribution in [0.2, 0.25) is 0 Å². The average molecular weight is 265 g/mol. The second-order valence-corrected chi connectivity index (χ2v) is 4.04. The molecule has 0 heterocycles. The smallest absolute Gasteiger partial charge is 0.258 e. The maximum atomic E-state index is 13.4. The number of benzene rings is 2. The fourth-order valence-electron chi connectivity index (χ4n) is 1.63. The van der Waals surface area contributed by atoms with Crippen LogP contribution in [0.3, 0.4) is 0 Å². The molecular formula is C14H10F3NO. The van der Waals surface area contributed by atoms with Crippen LogP contribution in [0.15, 0.2) is 36.4 Å². The SMILES string of the molecule is Cc1cc(F)ccc1NC(=O)c1ccc(F)cc1F. The van der Waals surface area contributed by atoms with E-state index >= 15 is 0 Å². The summed E-state index contributed by atoms with van der Waals surface area (Å²) in [4.78, 5) is 11.8. The summed E-state index contributed by atoms with van der Waals surface area (Å²) in [6.45, 7) is 1.61. The molecule has 98 valence electrons. The highest BCUT2D eigenvalue weighted by Gasteiger charge is 2.13. The molecule has 1 N–H and O–H groups in total. The van der Waals surface area contributed by atoms with Crippen molar-refractivity contribution in [2.45, 2.75) is 6.92 Å². The topological polar surface area (TPSA) is 29.1 Å². The van der Waals surface area contributed by atoms with Gasteiger partial charge in [0.15, 0.2) is 0 Å². The number of halogens is 3. The number of nitrogens with one attached hydrogen (secondary N) is 1. The molecule has 2 aromatic rings. The van der Waals surface area contributed by atoms with Gasteiger partial charge in [-0.15, -0.1) is 0 Å². The van der Waals surface area contributed by atoms with Crippen molar-refractivity contribution in [3.8, 4) is 0 Å². The molecule has 0 aromatic heterocycles. The summed E-state index contributed by atoms with van der Waals surface area (Å²) in [5, 5.41) is 2.45. The number of hydrogen-bond acceptors (Lipinski definition) is 1. The summed E-state index contributed by atoms with van der Waals surface area (Å²) in [5.41, 5.74) is 0.608. The van der Waals surface area contributed by atoms with Gasteiger partial charge >= 0.3 is 0 Å². The summed E-state index contributed by atoms with van der Waals surface area (Å²) in [6.07, 6.45) is 0. The first kappa shape index (κ1) is 13.1. The van der Waals surface area contributed by atoms with Crippen molar-refractivity contribution in [2.24, 2.45) is 0 Å². The van der Waals surface area contributed by atoms with E-state index < -0.39 is 23.4 Å². The first-order chi connectivity index (χ1) is 8.97. The minimum atomic E-state index is -0.947. The van der Waals surface area contributed by atoms with Gasteiger partial charge in [0.1, 0.15) is 17.5 Å². The molecule has 1 amide bonds. The van der Waals surface area contributed by atoms with Crippen molar-refractivity contribution in [2.75, 3.05) is 5.32 Å². The lowest BCUT2D eigenvalue weighted by Gasteiger charge is -2.09. The van der Waals surface area contributed by atoms with Crippen molar-refractivity contribution in [1.29, 1.82) is 0 Å². The minimum absolute atomic E-state index is 0.273. The quantitative estimate of drug-likeness (QED) is 0.882. The highest BCUT2D eigenvalue weighted by molar-refractivity contribution is 6.04. The summed E-state index contributed by atoms with van der Waals surface area (Å²) in [7, 11) is 0. The summed E-state index contributed by atoms with van der Waals surface area (Å²) in [6, 6.07) is 6.49. The van der Waals surface area contributed by atoms with Gasteiger partial charge in [-0.2, -0.15) is 0 Å². The molecule has 19 heavy (non-hydrogen) atoms. The standard InChI is InChI=1S/C14H10F3NO/c1-8-6-9(15)3-5-13(8)18-14(19)11-4-2-10(16)7-12(11)17/h2-7H,1H3,(H,18,19). The van der Waals surface area contributed by atoms with Crippen molar-refractivity contribution in [3.05, 3.63) is 65.0 Å². The molecule has 5 heteroatoms. The first-order valence-electron chi connectivity index (χ1n) is 5.50. The number of amides is 1. The van der Waals surface area contributed by atoms with E-state index in [1.165, 1.54) is 18.2 Å². The van der Waals surface area contributed by atoms with E-state index in [0.717, 1.165) is 12.1 Å². The van der Waals surface area contributed by atoms with Gasteiger partial charge in [0, 0.05) is 11.8 Å². The lowest BCUT2D eigenvalue weighted by atomic mass is 10.1. The fraction of sp³-hybridized carbons (Fsp3) is 0.0714. The van der Waals surface area contributed by atoms with Crippen LogP contribution in [0.25, 0.3) is 0 Å². The van der Waals surface area contributed by atoms with Gasteiger partial charge in [-0.1, -0.05) is 0 Å². The third kappa shape index (κ3) is 2.93. The highest BCUT2D eigenvalue weighted by Crippen LogP contribution is 2.18. The monoisotopic (exact) mass is 265 g/mol. The van der Waals surface area contributed by atoms with E-state index in [-0.39, 0.29) is 5.56 Å². The maximum Gasteiger partial charge on any atom is 0.258 e. The van der Waals surface area contributed by atoms with E-state index in [1.807, 2.05) is 0 Å². The number of hydrogen-bond donors (Lipinski definition) is 1. The third-order valence-corrected chi connectivity index (χ3v) is 2.61. The third-order valence-electron chi connectivity index (χ3n) is 2.61. The van der Waals surface area contributed by atoms with Crippen molar-refractivity contribution in [1.82, 2.24) is 0 Å². The summed E-state index contributed by atoms with van der Waals surface area (Å²) in [5.74, 6) is -2.85. The predicted octanol–water partition coefficient (Wildman–Crippen LogP) is 3.66. The zero-order valence-corrected chi connectivity index (χ0v) is 10.0. The lowest BCUT2D eigenvalue weighted by molar-refractivity contribution is 0.102. The van der Waals surface area contributed by atoms with Gasteiger partial charge in [-0.25, -0.2) is 13.2 Å². The molecule has 0 aliphatic rings. The highest BCUT2D eigenvalue weighted by atomic mass is 19.1. The van der Waals surface area contributed by atoms with E-state index in [4.69, 9.17) is 0 Å². The molecule has 0 aliphatic carbocycles. The molecular weight excluding hydrogens is 255 g/mol. The fourth-order valence-corrected chi connectivity index (χ4v) is 1.63. The van der Waals surface area contributed by atoms with E-state index in [9.17, 15) is 18.0 Å². The van der Waals surface area contributed by atoms with Gasteiger partial charge < -0.3 is 5.32 Å². The van der Waals surface area contributed by atoms with E-state index in [1.54, 1.807) is 6.92 Å². The van der Waals surface area contributed by atoms with Crippen molar-refractivity contribution < 1.29 is 18.0 Å². The van der Waals surface area contributed by atoms with E-state index in [2.05, 4.69) is 5.32 Å². The number of carbonyl (C=O) groups is 1.